The summed E-state index contributed by atoms with van der Waals surface area (Å²) in [7, 11) is 0. The summed E-state index contributed by atoms with van der Waals surface area (Å²) < 4.78 is 5.26. The third-order valence-corrected chi connectivity index (χ3v) is 2.65. The summed E-state index contributed by atoms with van der Waals surface area (Å²) in [6.07, 6.45) is 2.30. The van der Waals surface area contributed by atoms with E-state index in [0.29, 0.717) is 24.6 Å². The van der Waals surface area contributed by atoms with E-state index in [2.05, 4.69) is 10.3 Å². The number of nitrogen functional groups attached to an aromatic ring is 1. The Balaban J connectivity index is 2.05. The van der Waals surface area contributed by atoms with E-state index >= 15 is 0 Å². The second kappa shape index (κ2) is 4.09. The minimum atomic E-state index is -0.278. The van der Waals surface area contributed by atoms with E-state index in [4.69, 9.17) is 10.5 Å². The molecule has 0 saturated carbocycles. The van der Waals surface area contributed by atoms with Crippen molar-refractivity contribution in [1.29, 1.82) is 0 Å². The number of rotatable bonds is 2. The molecule has 0 bridgehead atoms. The van der Waals surface area contributed by atoms with E-state index in [1.165, 1.54) is 6.20 Å². The minimum absolute atomic E-state index is 0.187. The number of aromatic nitrogens is 1. The van der Waals surface area contributed by atoms with Crippen molar-refractivity contribution in [3.8, 4) is 0 Å². The number of anilines is 1. The van der Waals surface area contributed by atoms with Crippen molar-refractivity contribution in [2.45, 2.75) is 18.9 Å². The maximum absolute atomic E-state index is 11.8. The van der Waals surface area contributed by atoms with Crippen LogP contribution in [0.4, 0.5) is 5.69 Å². The summed E-state index contributed by atoms with van der Waals surface area (Å²) in [4.78, 5) is 15.8. The first-order valence-corrected chi connectivity index (χ1v) is 5.21. The van der Waals surface area contributed by atoms with Gasteiger partial charge >= 0.3 is 0 Å². The van der Waals surface area contributed by atoms with Gasteiger partial charge < -0.3 is 15.8 Å². The molecular weight excluding hydrogens is 206 g/mol. The second-order valence-corrected chi connectivity index (χ2v) is 4.29. The SMILES string of the molecule is CC1(NC(=O)c2ccc(N)cn2)CCOC1. The van der Waals surface area contributed by atoms with E-state index in [-0.39, 0.29) is 11.4 Å². The van der Waals surface area contributed by atoms with Crippen LogP contribution in [0.5, 0.6) is 0 Å². The van der Waals surface area contributed by atoms with Crippen molar-refractivity contribution in [1.82, 2.24) is 10.3 Å². The van der Waals surface area contributed by atoms with Crippen molar-refractivity contribution in [3.63, 3.8) is 0 Å². The second-order valence-electron chi connectivity index (χ2n) is 4.29. The highest BCUT2D eigenvalue weighted by Crippen LogP contribution is 2.17. The minimum Gasteiger partial charge on any atom is -0.397 e. The van der Waals surface area contributed by atoms with Crippen LogP contribution in [0.3, 0.4) is 0 Å². The number of nitrogens with one attached hydrogen (secondary N) is 1. The molecule has 1 amide bonds. The molecule has 1 saturated heterocycles. The van der Waals surface area contributed by atoms with Gasteiger partial charge in [-0.1, -0.05) is 0 Å². The van der Waals surface area contributed by atoms with E-state index in [0.717, 1.165) is 6.42 Å². The molecule has 1 aromatic rings. The number of nitrogens with two attached hydrogens (primary N) is 1. The van der Waals surface area contributed by atoms with E-state index in [9.17, 15) is 4.79 Å². The van der Waals surface area contributed by atoms with Gasteiger partial charge in [0.1, 0.15) is 5.69 Å². The van der Waals surface area contributed by atoms with Crippen LogP contribution in [0.1, 0.15) is 23.8 Å². The number of carbonyl (C=O) groups is 1. The summed E-state index contributed by atoms with van der Waals surface area (Å²) in [6.45, 7) is 3.20. The van der Waals surface area contributed by atoms with Crippen LogP contribution in [0, 0.1) is 0 Å². The van der Waals surface area contributed by atoms with Gasteiger partial charge in [-0.15, -0.1) is 0 Å². The number of ether oxygens (including phenoxy) is 1. The van der Waals surface area contributed by atoms with Gasteiger partial charge in [-0.2, -0.15) is 0 Å². The van der Waals surface area contributed by atoms with Crippen molar-refractivity contribution in [3.05, 3.63) is 24.0 Å². The molecule has 5 nitrogen and oxygen atoms in total. The van der Waals surface area contributed by atoms with Crippen molar-refractivity contribution >= 4 is 11.6 Å². The number of amides is 1. The highest BCUT2D eigenvalue weighted by atomic mass is 16.5. The third kappa shape index (κ3) is 2.30. The number of pyridine rings is 1. The lowest BCUT2D eigenvalue weighted by molar-refractivity contribution is 0.0885. The lowest BCUT2D eigenvalue weighted by atomic mass is 10.0. The molecule has 1 aromatic heterocycles. The van der Waals surface area contributed by atoms with Gasteiger partial charge in [0.25, 0.3) is 5.91 Å². The molecule has 0 aliphatic carbocycles. The third-order valence-electron chi connectivity index (χ3n) is 2.65. The van der Waals surface area contributed by atoms with Crippen LogP contribution < -0.4 is 11.1 Å². The Hall–Kier alpha value is -1.62. The Labute approximate surface area is 94.0 Å². The normalized spacial score (nSPS) is 24.3. The van der Waals surface area contributed by atoms with Crippen molar-refractivity contribution in [2.24, 2.45) is 0 Å². The van der Waals surface area contributed by atoms with Gasteiger partial charge in [0.2, 0.25) is 0 Å². The fraction of sp³-hybridized carbons (Fsp3) is 0.455. The Kier molecular flexibility index (Phi) is 2.78. The molecule has 2 heterocycles. The zero-order valence-electron chi connectivity index (χ0n) is 9.19. The molecule has 0 spiro atoms. The number of carbonyl (C=O) groups excluding carboxylic acids is 1. The molecule has 1 fully saturated rings. The Morgan fingerprint density at radius 3 is 3.00 bits per heavy atom. The average molecular weight is 221 g/mol. The number of hydrogen-bond donors (Lipinski definition) is 2. The van der Waals surface area contributed by atoms with Gasteiger partial charge in [-0.3, -0.25) is 4.79 Å². The summed E-state index contributed by atoms with van der Waals surface area (Å²) in [5.74, 6) is -0.187. The highest BCUT2D eigenvalue weighted by Gasteiger charge is 2.31. The maximum atomic E-state index is 11.8. The van der Waals surface area contributed by atoms with Gasteiger partial charge in [-0.25, -0.2) is 4.98 Å². The molecule has 16 heavy (non-hydrogen) atoms. The molecule has 2 rings (SSSR count). The van der Waals surface area contributed by atoms with E-state index < -0.39 is 0 Å². The van der Waals surface area contributed by atoms with Gasteiger partial charge in [0, 0.05) is 6.61 Å². The molecule has 3 N–H and O–H groups in total. The van der Waals surface area contributed by atoms with Crippen molar-refractivity contribution < 1.29 is 9.53 Å². The first kappa shape index (κ1) is 10.9. The zero-order chi connectivity index (χ0) is 11.6. The summed E-state index contributed by atoms with van der Waals surface area (Å²) in [5, 5.41) is 2.92. The van der Waals surface area contributed by atoms with Gasteiger partial charge in [-0.05, 0) is 25.5 Å². The smallest absolute Gasteiger partial charge is 0.270 e. The molecule has 86 valence electrons. The number of hydrogen-bond acceptors (Lipinski definition) is 4. The predicted octanol–water partition coefficient (Wildman–Crippen LogP) is 0.573. The molecule has 1 atom stereocenters. The van der Waals surface area contributed by atoms with Crippen LogP contribution in [0.15, 0.2) is 18.3 Å². The molecule has 0 radical (unpaired) electrons. The van der Waals surface area contributed by atoms with Crippen molar-refractivity contribution in [2.75, 3.05) is 18.9 Å². The van der Waals surface area contributed by atoms with Gasteiger partial charge in [0.15, 0.2) is 0 Å². The molecule has 1 aliphatic rings. The van der Waals surface area contributed by atoms with Crippen LogP contribution in [0.2, 0.25) is 0 Å². The summed E-state index contributed by atoms with van der Waals surface area (Å²) in [6, 6.07) is 3.28. The fourth-order valence-corrected chi connectivity index (χ4v) is 1.64. The van der Waals surface area contributed by atoms with E-state index in [1.807, 2.05) is 6.92 Å². The molecule has 5 heteroatoms. The summed E-state index contributed by atoms with van der Waals surface area (Å²) >= 11 is 0. The highest BCUT2D eigenvalue weighted by molar-refractivity contribution is 5.92. The largest absolute Gasteiger partial charge is 0.397 e. The Bertz CT molecular complexity index is 383. The Morgan fingerprint density at radius 2 is 2.44 bits per heavy atom. The zero-order valence-corrected chi connectivity index (χ0v) is 9.19. The lowest BCUT2D eigenvalue weighted by Crippen LogP contribution is -2.46. The Morgan fingerprint density at radius 1 is 1.62 bits per heavy atom. The lowest BCUT2D eigenvalue weighted by Gasteiger charge is -2.23. The van der Waals surface area contributed by atoms with Crippen LogP contribution in [-0.2, 0) is 4.74 Å². The molecule has 0 aromatic carbocycles. The average Bonchev–Trinajstić information content (AvgIpc) is 2.65. The predicted molar refractivity (Wildman–Crippen MR) is 60.0 cm³/mol. The first-order valence-electron chi connectivity index (χ1n) is 5.21. The maximum Gasteiger partial charge on any atom is 0.270 e. The van der Waals surface area contributed by atoms with Crippen LogP contribution in [-0.4, -0.2) is 29.6 Å². The quantitative estimate of drug-likeness (QED) is 0.765. The first-order chi connectivity index (χ1) is 7.59. The monoisotopic (exact) mass is 221 g/mol. The molecular formula is C11H15N3O2. The van der Waals surface area contributed by atoms with Crippen LogP contribution in [0.25, 0.3) is 0 Å². The van der Waals surface area contributed by atoms with Crippen LogP contribution >= 0.6 is 0 Å². The molecule has 1 unspecified atom stereocenters. The molecule has 1 aliphatic heterocycles. The fourth-order valence-electron chi connectivity index (χ4n) is 1.64. The standard InChI is InChI=1S/C11H15N3O2/c1-11(4-5-16-7-11)14-10(15)9-3-2-8(12)6-13-9/h2-3,6H,4-5,7,12H2,1H3,(H,14,15). The van der Waals surface area contributed by atoms with E-state index in [1.54, 1.807) is 12.1 Å². The summed E-state index contributed by atoms with van der Waals surface area (Å²) in [5.41, 5.74) is 6.15. The number of nitrogens with zero attached hydrogens (tertiary/aromatic N) is 1. The topological polar surface area (TPSA) is 77.2 Å². The van der Waals surface area contributed by atoms with Gasteiger partial charge in [0.05, 0.1) is 24.0 Å².